The van der Waals surface area contributed by atoms with Crippen LogP contribution in [0.5, 0.6) is 5.75 Å². The molecule has 21 heavy (non-hydrogen) atoms. The summed E-state index contributed by atoms with van der Waals surface area (Å²) in [6, 6.07) is 7.08. The fourth-order valence-corrected chi connectivity index (χ4v) is 2.22. The van der Waals surface area contributed by atoms with E-state index >= 15 is 0 Å². The molecule has 0 saturated carbocycles. The van der Waals surface area contributed by atoms with Crippen molar-refractivity contribution in [2.75, 3.05) is 5.32 Å². The standard InChI is InChI=1S/C14H10BrF4NO/c15-12-3-2-10(6-11(12)14(17,18)19)20-7-8-5-9(16)1-4-13(8)21/h1-6,20-21H,7H2. The van der Waals surface area contributed by atoms with Gasteiger partial charge < -0.3 is 10.4 Å². The van der Waals surface area contributed by atoms with Crippen LogP contribution >= 0.6 is 15.9 Å². The first kappa shape index (κ1) is 15.6. The number of aromatic hydroxyl groups is 1. The lowest BCUT2D eigenvalue weighted by Crippen LogP contribution is -2.08. The van der Waals surface area contributed by atoms with Gasteiger partial charge in [-0.1, -0.05) is 15.9 Å². The van der Waals surface area contributed by atoms with Crippen LogP contribution in [0.15, 0.2) is 40.9 Å². The molecule has 0 unspecified atom stereocenters. The molecule has 0 amide bonds. The highest BCUT2D eigenvalue weighted by Gasteiger charge is 2.33. The number of hydrogen-bond donors (Lipinski definition) is 2. The largest absolute Gasteiger partial charge is 0.508 e. The summed E-state index contributed by atoms with van der Waals surface area (Å²) in [6.07, 6.45) is -4.47. The first-order valence-corrected chi connectivity index (χ1v) is 6.64. The molecular formula is C14H10BrF4NO. The van der Waals surface area contributed by atoms with Crippen LogP contribution in [0.3, 0.4) is 0 Å². The number of alkyl halides is 3. The van der Waals surface area contributed by atoms with E-state index < -0.39 is 17.6 Å². The Morgan fingerprint density at radius 2 is 1.81 bits per heavy atom. The Bertz CT molecular complexity index is 658. The fourth-order valence-electron chi connectivity index (χ4n) is 1.75. The topological polar surface area (TPSA) is 32.3 Å². The van der Waals surface area contributed by atoms with Gasteiger partial charge in [0.1, 0.15) is 11.6 Å². The van der Waals surface area contributed by atoms with Crippen LogP contribution in [-0.4, -0.2) is 5.11 Å². The second-order valence-corrected chi connectivity index (χ2v) is 5.17. The summed E-state index contributed by atoms with van der Waals surface area (Å²) in [6.45, 7) is 0.00250. The summed E-state index contributed by atoms with van der Waals surface area (Å²) in [5.41, 5.74) is -0.336. The van der Waals surface area contributed by atoms with Crippen LogP contribution < -0.4 is 5.32 Å². The van der Waals surface area contributed by atoms with Crippen molar-refractivity contribution < 1.29 is 22.7 Å². The molecule has 0 heterocycles. The third kappa shape index (κ3) is 3.87. The molecule has 7 heteroatoms. The van der Waals surface area contributed by atoms with Gasteiger partial charge in [-0.2, -0.15) is 13.2 Å². The van der Waals surface area contributed by atoms with Crippen molar-refractivity contribution in [3.8, 4) is 5.75 Å². The average Bonchev–Trinajstić information content (AvgIpc) is 2.40. The van der Waals surface area contributed by atoms with Crippen molar-refractivity contribution in [3.05, 3.63) is 57.8 Å². The van der Waals surface area contributed by atoms with Gasteiger partial charge in [-0.05, 0) is 36.4 Å². The van der Waals surface area contributed by atoms with E-state index in [9.17, 15) is 22.7 Å². The predicted molar refractivity (Wildman–Crippen MR) is 74.5 cm³/mol. The van der Waals surface area contributed by atoms with Crippen molar-refractivity contribution in [2.45, 2.75) is 12.7 Å². The summed E-state index contributed by atoms with van der Waals surface area (Å²) in [5.74, 6) is -0.659. The second kappa shape index (κ2) is 5.93. The van der Waals surface area contributed by atoms with Crippen molar-refractivity contribution in [1.82, 2.24) is 0 Å². The van der Waals surface area contributed by atoms with E-state index in [1.165, 1.54) is 18.2 Å². The van der Waals surface area contributed by atoms with Gasteiger partial charge in [0.2, 0.25) is 0 Å². The molecule has 0 aliphatic heterocycles. The summed E-state index contributed by atoms with van der Waals surface area (Å²) < 4.78 is 51.3. The molecule has 0 bridgehead atoms. The summed E-state index contributed by atoms with van der Waals surface area (Å²) >= 11 is 2.85. The highest BCUT2D eigenvalue weighted by molar-refractivity contribution is 9.10. The Hall–Kier alpha value is -1.76. The number of phenols is 1. The molecule has 2 rings (SSSR count). The normalized spacial score (nSPS) is 11.5. The van der Waals surface area contributed by atoms with E-state index in [2.05, 4.69) is 21.2 Å². The number of rotatable bonds is 3. The van der Waals surface area contributed by atoms with E-state index in [0.717, 1.165) is 18.2 Å². The van der Waals surface area contributed by atoms with Crippen molar-refractivity contribution in [1.29, 1.82) is 0 Å². The van der Waals surface area contributed by atoms with Crippen molar-refractivity contribution >= 4 is 21.6 Å². The molecule has 0 spiro atoms. The first-order chi connectivity index (χ1) is 9.77. The van der Waals surface area contributed by atoms with Crippen LogP contribution in [0.4, 0.5) is 23.2 Å². The van der Waals surface area contributed by atoms with Crippen LogP contribution in [0.25, 0.3) is 0 Å². The van der Waals surface area contributed by atoms with Gasteiger partial charge in [0.05, 0.1) is 5.56 Å². The molecule has 2 nitrogen and oxygen atoms in total. The number of nitrogens with one attached hydrogen (secondary N) is 1. The fraction of sp³-hybridized carbons (Fsp3) is 0.143. The number of hydrogen-bond acceptors (Lipinski definition) is 2. The maximum atomic E-state index is 13.1. The van der Waals surface area contributed by atoms with E-state index in [1.54, 1.807) is 0 Å². The third-order valence-corrected chi connectivity index (χ3v) is 3.49. The van der Waals surface area contributed by atoms with Crippen LogP contribution in [-0.2, 0) is 12.7 Å². The molecule has 0 atom stereocenters. The second-order valence-electron chi connectivity index (χ2n) is 4.32. The minimum absolute atomic E-state index is 0.00250. The number of benzene rings is 2. The predicted octanol–water partition coefficient (Wildman–Crippen LogP) is 4.92. The van der Waals surface area contributed by atoms with Crippen LogP contribution in [0, 0.1) is 5.82 Å². The van der Waals surface area contributed by atoms with Crippen molar-refractivity contribution in [2.24, 2.45) is 0 Å². The van der Waals surface area contributed by atoms with E-state index in [0.29, 0.717) is 0 Å². The Kier molecular flexibility index (Phi) is 4.41. The molecule has 0 aliphatic rings. The smallest absolute Gasteiger partial charge is 0.417 e. The van der Waals surface area contributed by atoms with Gasteiger partial charge in [0, 0.05) is 22.3 Å². The lowest BCUT2D eigenvalue weighted by Gasteiger charge is -2.13. The summed E-state index contributed by atoms with van der Waals surface area (Å²) in [5, 5.41) is 12.3. The SMILES string of the molecule is Oc1ccc(F)cc1CNc1ccc(Br)c(C(F)(F)F)c1. The van der Waals surface area contributed by atoms with Gasteiger partial charge in [0.15, 0.2) is 0 Å². The highest BCUT2D eigenvalue weighted by atomic mass is 79.9. The van der Waals surface area contributed by atoms with Gasteiger partial charge in [-0.15, -0.1) is 0 Å². The molecule has 2 aromatic carbocycles. The molecule has 2 N–H and O–H groups in total. The third-order valence-electron chi connectivity index (χ3n) is 2.80. The molecule has 0 fully saturated rings. The number of halogens is 5. The maximum absolute atomic E-state index is 13.1. The average molecular weight is 364 g/mol. The zero-order valence-electron chi connectivity index (χ0n) is 10.5. The van der Waals surface area contributed by atoms with Gasteiger partial charge >= 0.3 is 6.18 Å². The molecular weight excluding hydrogens is 354 g/mol. The Morgan fingerprint density at radius 1 is 1.10 bits per heavy atom. The Labute approximate surface area is 126 Å². The monoisotopic (exact) mass is 363 g/mol. The maximum Gasteiger partial charge on any atom is 0.417 e. The summed E-state index contributed by atoms with van der Waals surface area (Å²) in [4.78, 5) is 0. The van der Waals surface area contributed by atoms with Crippen LogP contribution in [0.1, 0.15) is 11.1 Å². The van der Waals surface area contributed by atoms with E-state index in [1.807, 2.05) is 0 Å². The van der Waals surface area contributed by atoms with Gasteiger partial charge in [-0.25, -0.2) is 4.39 Å². The van der Waals surface area contributed by atoms with Crippen molar-refractivity contribution in [3.63, 3.8) is 0 Å². The Balaban J connectivity index is 2.19. The minimum Gasteiger partial charge on any atom is -0.508 e. The zero-order valence-corrected chi connectivity index (χ0v) is 12.1. The molecule has 0 radical (unpaired) electrons. The molecule has 0 aromatic heterocycles. The lowest BCUT2D eigenvalue weighted by molar-refractivity contribution is -0.138. The molecule has 112 valence electrons. The quantitative estimate of drug-likeness (QED) is 0.758. The van der Waals surface area contributed by atoms with E-state index in [4.69, 9.17) is 0 Å². The molecule has 0 saturated heterocycles. The molecule has 2 aromatic rings. The van der Waals surface area contributed by atoms with Gasteiger partial charge in [0.25, 0.3) is 0 Å². The van der Waals surface area contributed by atoms with E-state index in [-0.39, 0.29) is 28.0 Å². The molecule has 0 aliphatic carbocycles. The number of phenolic OH excluding ortho intramolecular Hbond substituents is 1. The minimum atomic E-state index is -4.47. The zero-order chi connectivity index (χ0) is 15.6. The Morgan fingerprint density at radius 3 is 2.48 bits per heavy atom. The number of anilines is 1. The van der Waals surface area contributed by atoms with Crippen LogP contribution in [0.2, 0.25) is 0 Å². The highest BCUT2D eigenvalue weighted by Crippen LogP contribution is 2.36. The lowest BCUT2D eigenvalue weighted by atomic mass is 10.1. The summed E-state index contributed by atoms with van der Waals surface area (Å²) in [7, 11) is 0. The first-order valence-electron chi connectivity index (χ1n) is 5.85. The van der Waals surface area contributed by atoms with Gasteiger partial charge in [-0.3, -0.25) is 0 Å².